The van der Waals surface area contributed by atoms with Crippen LogP contribution in [0.4, 0.5) is 5.82 Å². The summed E-state index contributed by atoms with van der Waals surface area (Å²) in [4.78, 5) is 12.0. The second-order valence-electron chi connectivity index (χ2n) is 5.59. The van der Waals surface area contributed by atoms with E-state index >= 15 is 0 Å². The molecule has 4 aromatic rings. The van der Waals surface area contributed by atoms with Gasteiger partial charge in [0.25, 0.3) is 0 Å². The Morgan fingerprint density at radius 1 is 1.08 bits per heavy atom. The van der Waals surface area contributed by atoms with Crippen molar-refractivity contribution in [3.63, 3.8) is 0 Å². The normalized spacial score (nSPS) is 11.3. The largest absolute Gasteiger partial charge is 0.497 e. The van der Waals surface area contributed by atoms with Crippen molar-refractivity contribution >= 4 is 34.0 Å². The number of H-pyrrole nitrogens is 1. The van der Waals surface area contributed by atoms with Gasteiger partial charge in [-0.2, -0.15) is 5.10 Å². The van der Waals surface area contributed by atoms with E-state index < -0.39 is 0 Å². The molecule has 130 valence electrons. The summed E-state index contributed by atoms with van der Waals surface area (Å²) >= 11 is 0. The van der Waals surface area contributed by atoms with Gasteiger partial charge in [0.05, 0.1) is 20.4 Å². The number of para-hydroxylation sites is 1. The molecule has 0 bridgehead atoms. The average Bonchev–Trinajstić information content (AvgIpc) is 3.07. The van der Waals surface area contributed by atoms with Crippen LogP contribution in [0, 0.1) is 0 Å². The van der Waals surface area contributed by atoms with Crippen LogP contribution in [0.3, 0.4) is 0 Å². The fourth-order valence-corrected chi connectivity index (χ4v) is 2.83. The molecule has 26 heavy (non-hydrogen) atoms. The number of hydrogen-bond acceptors (Lipinski definition) is 6. The number of benzene rings is 2. The van der Waals surface area contributed by atoms with Gasteiger partial charge >= 0.3 is 0 Å². The molecule has 2 N–H and O–H groups in total. The topological polar surface area (TPSA) is 84.4 Å². The minimum absolute atomic E-state index is 0.601. The molecule has 2 heterocycles. The van der Waals surface area contributed by atoms with Gasteiger partial charge < -0.3 is 14.5 Å². The van der Waals surface area contributed by atoms with E-state index in [-0.39, 0.29) is 0 Å². The molecule has 2 aromatic carbocycles. The molecule has 0 saturated carbocycles. The van der Waals surface area contributed by atoms with Crippen molar-refractivity contribution in [1.82, 2.24) is 15.0 Å². The van der Waals surface area contributed by atoms with Gasteiger partial charge in [0.2, 0.25) is 0 Å². The molecule has 7 nitrogen and oxygen atoms in total. The predicted octanol–water partition coefficient (Wildman–Crippen LogP) is 3.57. The molecular formula is C19H17N5O2. The van der Waals surface area contributed by atoms with E-state index in [1.807, 2.05) is 42.5 Å². The van der Waals surface area contributed by atoms with Crippen LogP contribution in [-0.2, 0) is 0 Å². The zero-order chi connectivity index (χ0) is 17.9. The summed E-state index contributed by atoms with van der Waals surface area (Å²) in [6.07, 6.45) is 3.19. The van der Waals surface area contributed by atoms with Crippen LogP contribution in [0.5, 0.6) is 11.5 Å². The summed E-state index contributed by atoms with van der Waals surface area (Å²) in [5.41, 5.74) is 6.44. The maximum atomic E-state index is 5.35. The number of hydrazone groups is 1. The van der Waals surface area contributed by atoms with Crippen molar-refractivity contribution in [3.8, 4) is 11.5 Å². The Bertz CT molecular complexity index is 1100. The van der Waals surface area contributed by atoms with Crippen LogP contribution in [-0.4, -0.2) is 35.4 Å². The Hall–Kier alpha value is -3.61. The molecule has 7 heteroatoms. The van der Waals surface area contributed by atoms with E-state index in [4.69, 9.17) is 9.47 Å². The highest BCUT2D eigenvalue weighted by molar-refractivity contribution is 6.08. The number of methoxy groups -OCH3 is 2. The van der Waals surface area contributed by atoms with Crippen LogP contribution >= 0.6 is 0 Å². The second-order valence-corrected chi connectivity index (χ2v) is 5.59. The van der Waals surface area contributed by atoms with Crippen molar-refractivity contribution in [1.29, 1.82) is 0 Å². The second kappa shape index (κ2) is 6.72. The zero-order valence-electron chi connectivity index (χ0n) is 14.4. The van der Waals surface area contributed by atoms with Crippen LogP contribution in [0.15, 0.2) is 53.9 Å². The molecule has 0 aliphatic rings. The maximum Gasteiger partial charge on any atom is 0.174 e. The molecule has 0 amide bonds. The summed E-state index contributed by atoms with van der Waals surface area (Å²) in [5, 5.41) is 5.34. The molecule has 0 unspecified atom stereocenters. The highest BCUT2D eigenvalue weighted by atomic mass is 16.5. The molecule has 0 fully saturated rings. The molecule has 0 spiro atoms. The third-order valence-electron chi connectivity index (χ3n) is 4.10. The third-order valence-corrected chi connectivity index (χ3v) is 4.10. The number of anilines is 1. The third kappa shape index (κ3) is 2.79. The summed E-state index contributed by atoms with van der Waals surface area (Å²) in [7, 11) is 3.24. The first-order valence-electron chi connectivity index (χ1n) is 8.02. The van der Waals surface area contributed by atoms with Crippen molar-refractivity contribution in [2.75, 3.05) is 19.6 Å². The van der Waals surface area contributed by atoms with Crippen LogP contribution in [0.25, 0.3) is 21.9 Å². The first-order chi connectivity index (χ1) is 12.8. The van der Waals surface area contributed by atoms with E-state index in [0.29, 0.717) is 11.6 Å². The lowest BCUT2D eigenvalue weighted by Gasteiger charge is -2.07. The molecular weight excluding hydrogens is 330 g/mol. The minimum Gasteiger partial charge on any atom is -0.497 e. The van der Waals surface area contributed by atoms with Gasteiger partial charge in [-0.1, -0.05) is 18.2 Å². The number of hydrogen-bond donors (Lipinski definition) is 2. The van der Waals surface area contributed by atoms with Gasteiger partial charge in [-0.15, -0.1) is 0 Å². The smallest absolute Gasteiger partial charge is 0.174 e. The van der Waals surface area contributed by atoms with Crippen molar-refractivity contribution in [3.05, 3.63) is 54.4 Å². The Balaban J connectivity index is 1.67. The van der Waals surface area contributed by atoms with E-state index in [1.165, 1.54) is 6.33 Å². The highest BCUT2D eigenvalue weighted by Crippen LogP contribution is 2.27. The van der Waals surface area contributed by atoms with Crippen molar-refractivity contribution in [2.45, 2.75) is 0 Å². The molecule has 2 aromatic heterocycles. The van der Waals surface area contributed by atoms with Gasteiger partial charge in [0.1, 0.15) is 28.9 Å². The molecule has 0 aliphatic heterocycles. The number of aromatic nitrogens is 3. The number of rotatable bonds is 5. The van der Waals surface area contributed by atoms with Gasteiger partial charge in [0.15, 0.2) is 5.82 Å². The fraction of sp³-hybridized carbons (Fsp3) is 0.105. The molecule has 0 aliphatic carbocycles. The lowest BCUT2D eigenvalue weighted by molar-refractivity contribution is 0.402. The minimum atomic E-state index is 0.601. The Morgan fingerprint density at radius 2 is 1.96 bits per heavy atom. The summed E-state index contributed by atoms with van der Waals surface area (Å²) in [6, 6.07) is 13.5. The van der Waals surface area contributed by atoms with Gasteiger partial charge in [-0.25, -0.2) is 9.97 Å². The summed E-state index contributed by atoms with van der Waals surface area (Å²) in [6.45, 7) is 0. The number of fused-ring (bicyclic) bond motifs is 3. The number of aromatic amines is 1. The van der Waals surface area contributed by atoms with E-state index in [0.717, 1.165) is 33.2 Å². The van der Waals surface area contributed by atoms with Crippen LogP contribution in [0.2, 0.25) is 0 Å². The number of ether oxygens (including phenoxy) is 2. The lowest BCUT2D eigenvalue weighted by atomic mass is 10.2. The number of nitrogens with one attached hydrogen (secondary N) is 2. The standard InChI is InChI=1S/C19H17N5O2/c1-25-13-7-8-16(26-2)12(9-13)10-22-24-19-18-17(20-11-21-19)14-5-3-4-6-15(14)23-18/h3-11,23H,1-2H3,(H,20,21,24). The van der Waals surface area contributed by atoms with E-state index in [1.54, 1.807) is 20.4 Å². The van der Waals surface area contributed by atoms with Crippen LogP contribution < -0.4 is 14.9 Å². The molecule has 0 radical (unpaired) electrons. The SMILES string of the molecule is COc1ccc(OC)c(C=NNc2ncnc3c2[nH]c2ccccc23)c1. The van der Waals surface area contributed by atoms with Gasteiger partial charge in [-0.05, 0) is 24.3 Å². The first-order valence-corrected chi connectivity index (χ1v) is 8.02. The summed E-state index contributed by atoms with van der Waals surface area (Å²) in [5.74, 6) is 2.03. The maximum absolute atomic E-state index is 5.35. The van der Waals surface area contributed by atoms with Crippen molar-refractivity contribution < 1.29 is 9.47 Å². The molecule has 0 atom stereocenters. The average molecular weight is 347 g/mol. The van der Waals surface area contributed by atoms with E-state index in [9.17, 15) is 0 Å². The van der Waals surface area contributed by atoms with Gasteiger partial charge in [-0.3, -0.25) is 5.43 Å². The Labute approximate surface area is 149 Å². The van der Waals surface area contributed by atoms with Crippen LogP contribution in [0.1, 0.15) is 5.56 Å². The molecule has 4 rings (SSSR count). The first kappa shape index (κ1) is 15.9. The molecule has 0 saturated heterocycles. The highest BCUT2D eigenvalue weighted by Gasteiger charge is 2.09. The Morgan fingerprint density at radius 3 is 2.81 bits per heavy atom. The van der Waals surface area contributed by atoms with Crippen molar-refractivity contribution in [2.24, 2.45) is 5.10 Å². The monoisotopic (exact) mass is 347 g/mol. The Kier molecular flexibility index (Phi) is 4.10. The quantitative estimate of drug-likeness (QED) is 0.426. The summed E-state index contributed by atoms with van der Waals surface area (Å²) < 4.78 is 10.6. The zero-order valence-corrected chi connectivity index (χ0v) is 14.4. The fourth-order valence-electron chi connectivity index (χ4n) is 2.83. The number of nitrogens with zero attached hydrogens (tertiary/aromatic N) is 3. The lowest BCUT2D eigenvalue weighted by Crippen LogP contribution is -1.97. The predicted molar refractivity (Wildman–Crippen MR) is 102 cm³/mol. The van der Waals surface area contributed by atoms with E-state index in [2.05, 4.69) is 25.5 Å². The van der Waals surface area contributed by atoms with Gasteiger partial charge in [0, 0.05) is 16.5 Å².